The summed E-state index contributed by atoms with van der Waals surface area (Å²) in [5.74, 6) is 0.169. The molecule has 1 atom stereocenters. The van der Waals surface area contributed by atoms with Crippen molar-refractivity contribution in [1.29, 1.82) is 0 Å². The number of nitrogens with zero attached hydrogens (tertiary/aromatic N) is 2. The molecule has 6 nitrogen and oxygen atoms in total. The largest absolute Gasteiger partial charge is 0.393 e. The van der Waals surface area contributed by atoms with Gasteiger partial charge in [-0.15, -0.1) is 0 Å². The zero-order valence-corrected chi connectivity index (χ0v) is 9.47. The van der Waals surface area contributed by atoms with E-state index in [0.717, 1.165) is 6.42 Å². The van der Waals surface area contributed by atoms with E-state index >= 15 is 0 Å². The Morgan fingerprint density at radius 2 is 2.25 bits per heavy atom. The molecule has 90 valence electrons. The van der Waals surface area contributed by atoms with Gasteiger partial charge in [-0.25, -0.2) is 0 Å². The smallest absolute Gasteiger partial charge is 0.334 e. The molecule has 0 radical (unpaired) electrons. The Labute approximate surface area is 93.4 Å². The Kier molecular flexibility index (Phi) is 4.42. The molecule has 6 heteroatoms. The van der Waals surface area contributed by atoms with Gasteiger partial charge in [-0.1, -0.05) is 25.4 Å². The highest BCUT2D eigenvalue weighted by Gasteiger charge is 2.26. The standard InChI is InChI=1S/C10H16N2O4/c1-3-5-7(13)6-9-10(12(14)15)8(4-2)11-16-9/h7,13H,3-6H2,1-2H3. The van der Waals surface area contributed by atoms with Crippen LogP contribution in [0.25, 0.3) is 0 Å². The van der Waals surface area contributed by atoms with Crippen molar-refractivity contribution in [1.82, 2.24) is 5.16 Å². The van der Waals surface area contributed by atoms with Gasteiger partial charge in [0.1, 0.15) is 0 Å². The van der Waals surface area contributed by atoms with Crippen molar-refractivity contribution in [3.05, 3.63) is 21.6 Å². The van der Waals surface area contributed by atoms with Gasteiger partial charge in [-0.3, -0.25) is 10.1 Å². The van der Waals surface area contributed by atoms with Gasteiger partial charge in [-0.2, -0.15) is 0 Å². The van der Waals surface area contributed by atoms with Gasteiger partial charge in [0.15, 0.2) is 5.69 Å². The molecule has 1 heterocycles. The number of rotatable bonds is 6. The second-order valence-corrected chi connectivity index (χ2v) is 3.66. The zero-order valence-electron chi connectivity index (χ0n) is 9.47. The van der Waals surface area contributed by atoms with E-state index in [9.17, 15) is 15.2 Å². The molecule has 0 bridgehead atoms. The van der Waals surface area contributed by atoms with E-state index in [1.807, 2.05) is 6.92 Å². The van der Waals surface area contributed by atoms with Gasteiger partial charge in [0, 0.05) is 6.42 Å². The van der Waals surface area contributed by atoms with Crippen molar-refractivity contribution in [2.45, 2.75) is 45.6 Å². The molecular formula is C10H16N2O4. The number of aromatic nitrogens is 1. The Balaban J connectivity index is 2.87. The van der Waals surface area contributed by atoms with Crippen molar-refractivity contribution >= 4 is 5.69 Å². The molecule has 1 N–H and O–H groups in total. The normalized spacial score (nSPS) is 12.7. The molecule has 16 heavy (non-hydrogen) atoms. The highest BCUT2D eigenvalue weighted by atomic mass is 16.6. The summed E-state index contributed by atoms with van der Waals surface area (Å²) < 4.78 is 4.91. The third-order valence-electron chi connectivity index (χ3n) is 2.36. The maximum absolute atomic E-state index is 10.8. The van der Waals surface area contributed by atoms with Crippen LogP contribution in [0, 0.1) is 10.1 Å². The van der Waals surface area contributed by atoms with E-state index in [0.29, 0.717) is 18.5 Å². The highest BCUT2D eigenvalue weighted by Crippen LogP contribution is 2.25. The fourth-order valence-electron chi connectivity index (χ4n) is 1.58. The van der Waals surface area contributed by atoms with Gasteiger partial charge >= 0.3 is 5.69 Å². The minimum atomic E-state index is -0.610. The van der Waals surface area contributed by atoms with Gasteiger partial charge in [0.05, 0.1) is 11.0 Å². The number of aliphatic hydroxyl groups is 1. The molecule has 1 aromatic heterocycles. The van der Waals surface area contributed by atoms with Crippen molar-refractivity contribution in [2.24, 2.45) is 0 Å². The summed E-state index contributed by atoms with van der Waals surface area (Å²) in [7, 11) is 0. The van der Waals surface area contributed by atoms with E-state index in [-0.39, 0.29) is 17.9 Å². The maximum atomic E-state index is 10.8. The van der Waals surface area contributed by atoms with Gasteiger partial charge in [0.25, 0.3) is 0 Å². The van der Waals surface area contributed by atoms with Crippen LogP contribution >= 0.6 is 0 Å². The van der Waals surface area contributed by atoms with Crippen molar-refractivity contribution in [3.63, 3.8) is 0 Å². The molecule has 0 aliphatic rings. The van der Waals surface area contributed by atoms with E-state index in [2.05, 4.69) is 5.16 Å². The predicted octanol–water partition coefficient (Wildman–Crippen LogP) is 1.85. The van der Waals surface area contributed by atoms with E-state index < -0.39 is 11.0 Å². The Morgan fingerprint density at radius 3 is 2.75 bits per heavy atom. The number of aliphatic hydroxyl groups excluding tert-OH is 1. The summed E-state index contributed by atoms with van der Waals surface area (Å²) in [6.07, 6.45) is 1.41. The molecule has 0 amide bonds. The van der Waals surface area contributed by atoms with Gasteiger partial charge in [0.2, 0.25) is 5.76 Å². The number of nitro groups is 1. The summed E-state index contributed by atoms with van der Waals surface area (Å²) >= 11 is 0. The third-order valence-corrected chi connectivity index (χ3v) is 2.36. The molecule has 0 aliphatic heterocycles. The van der Waals surface area contributed by atoms with Crippen LogP contribution in [0.4, 0.5) is 5.69 Å². The quantitative estimate of drug-likeness (QED) is 0.592. The van der Waals surface area contributed by atoms with Gasteiger partial charge in [-0.05, 0) is 12.8 Å². The third kappa shape index (κ3) is 2.79. The minimum absolute atomic E-state index is 0.0855. The van der Waals surface area contributed by atoms with Crippen molar-refractivity contribution in [2.75, 3.05) is 0 Å². The monoisotopic (exact) mass is 228 g/mol. The second kappa shape index (κ2) is 5.60. The first kappa shape index (κ1) is 12.6. The summed E-state index contributed by atoms with van der Waals surface area (Å²) in [6, 6.07) is 0. The predicted molar refractivity (Wildman–Crippen MR) is 57.2 cm³/mol. The number of hydrogen-bond donors (Lipinski definition) is 1. The van der Waals surface area contributed by atoms with Crippen LogP contribution in [0.3, 0.4) is 0 Å². The average Bonchev–Trinajstić information content (AvgIpc) is 2.61. The lowest BCUT2D eigenvalue weighted by atomic mass is 10.1. The summed E-state index contributed by atoms with van der Waals surface area (Å²) in [5.41, 5.74) is 0.251. The lowest BCUT2D eigenvalue weighted by Gasteiger charge is -2.05. The van der Waals surface area contributed by atoms with Gasteiger partial charge < -0.3 is 9.63 Å². The Bertz CT molecular complexity index is 362. The fraction of sp³-hybridized carbons (Fsp3) is 0.700. The molecule has 0 aromatic carbocycles. The van der Waals surface area contributed by atoms with Crippen molar-refractivity contribution < 1.29 is 14.6 Å². The molecule has 0 saturated heterocycles. The van der Waals surface area contributed by atoms with E-state index in [4.69, 9.17) is 4.52 Å². The molecule has 1 rings (SSSR count). The molecule has 1 aromatic rings. The summed E-state index contributed by atoms with van der Waals surface area (Å²) in [5, 5.41) is 24.0. The lowest BCUT2D eigenvalue weighted by molar-refractivity contribution is -0.386. The first-order valence-electron chi connectivity index (χ1n) is 5.40. The van der Waals surface area contributed by atoms with Crippen LogP contribution in [0.5, 0.6) is 0 Å². The first-order chi connectivity index (χ1) is 7.60. The SMILES string of the molecule is CCCC(O)Cc1onc(CC)c1[N+](=O)[O-]. The molecule has 0 saturated carbocycles. The molecule has 0 spiro atoms. The van der Waals surface area contributed by atoms with Crippen LogP contribution < -0.4 is 0 Å². The van der Waals surface area contributed by atoms with Crippen LogP contribution in [0.2, 0.25) is 0 Å². The fourth-order valence-corrected chi connectivity index (χ4v) is 1.58. The highest BCUT2D eigenvalue weighted by molar-refractivity contribution is 5.38. The van der Waals surface area contributed by atoms with Crippen LogP contribution in [0.15, 0.2) is 4.52 Å². The van der Waals surface area contributed by atoms with E-state index in [1.54, 1.807) is 6.92 Å². The summed E-state index contributed by atoms with van der Waals surface area (Å²) in [4.78, 5) is 10.3. The molecule has 0 fully saturated rings. The molecule has 0 aliphatic carbocycles. The minimum Gasteiger partial charge on any atom is -0.393 e. The lowest BCUT2D eigenvalue weighted by Crippen LogP contribution is -2.10. The first-order valence-corrected chi connectivity index (χ1v) is 5.40. The Hall–Kier alpha value is -1.43. The number of hydrogen-bond acceptors (Lipinski definition) is 5. The van der Waals surface area contributed by atoms with Crippen LogP contribution in [-0.2, 0) is 12.8 Å². The van der Waals surface area contributed by atoms with Crippen molar-refractivity contribution in [3.8, 4) is 0 Å². The van der Waals surface area contributed by atoms with Crippen LogP contribution in [-0.4, -0.2) is 21.3 Å². The summed E-state index contributed by atoms with van der Waals surface area (Å²) in [6.45, 7) is 3.71. The molecular weight excluding hydrogens is 212 g/mol. The van der Waals surface area contributed by atoms with Crippen LogP contribution in [0.1, 0.15) is 38.1 Å². The maximum Gasteiger partial charge on any atom is 0.334 e. The molecule has 1 unspecified atom stereocenters. The average molecular weight is 228 g/mol. The zero-order chi connectivity index (χ0) is 12.1. The number of aryl methyl sites for hydroxylation is 1. The Morgan fingerprint density at radius 1 is 1.56 bits per heavy atom. The topological polar surface area (TPSA) is 89.4 Å². The second-order valence-electron chi connectivity index (χ2n) is 3.66. The van der Waals surface area contributed by atoms with E-state index in [1.165, 1.54) is 0 Å².